The molecule has 4 amide bonds. The highest BCUT2D eigenvalue weighted by Crippen LogP contribution is 2.33. The van der Waals surface area contributed by atoms with Crippen molar-refractivity contribution in [3.8, 4) is 11.5 Å². The fourth-order valence-electron chi connectivity index (χ4n) is 3.02. The molecule has 0 unspecified atom stereocenters. The molecule has 0 atom stereocenters. The average Bonchev–Trinajstić information content (AvgIpc) is 2.99. The molecule has 1 fully saturated rings. The number of allylic oxidation sites excluding steroid dienone is 1. The maximum absolute atomic E-state index is 13.7. The van der Waals surface area contributed by atoms with Crippen LogP contribution in [-0.4, -0.2) is 41.5 Å². The van der Waals surface area contributed by atoms with Gasteiger partial charge in [0.1, 0.15) is 18.1 Å². The van der Waals surface area contributed by atoms with Gasteiger partial charge in [0, 0.05) is 5.56 Å². The molecule has 3 N–H and O–H groups in total. The van der Waals surface area contributed by atoms with Crippen LogP contribution in [0.5, 0.6) is 11.5 Å². The zero-order chi connectivity index (χ0) is 22.5. The third-order valence-electron chi connectivity index (χ3n) is 4.48. The summed E-state index contributed by atoms with van der Waals surface area (Å²) in [4.78, 5) is 37.7. The molecule has 0 radical (unpaired) electrons. The summed E-state index contributed by atoms with van der Waals surface area (Å²) >= 11 is 0. The highest BCUT2D eigenvalue weighted by atomic mass is 19.1. The van der Waals surface area contributed by atoms with Crippen molar-refractivity contribution >= 4 is 29.6 Å². The monoisotopic (exact) mass is 425 g/mol. The molecule has 0 saturated carbocycles. The van der Waals surface area contributed by atoms with E-state index in [0.29, 0.717) is 22.4 Å². The Hall–Kier alpha value is -4.14. The number of anilines is 1. The molecule has 160 valence electrons. The number of nitrogens with zero attached hydrogens (tertiary/aromatic N) is 1. The van der Waals surface area contributed by atoms with Gasteiger partial charge in [-0.3, -0.25) is 9.59 Å². The number of phenolic OH excluding ortho intramolecular Hbond substituents is 1. The smallest absolute Gasteiger partial charge is 0.329 e. The van der Waals surface area contributed by atoms with Gasteiger partial charge in [-0.15, -0.1) is 6.58 Å². The molecular formula is C22H20FN3O5. The van der Waals surface area contributed by atoms with Crippen molar-refractivity contribution < 1.29 is 28.6 Å². The van der Waals surface area contributed by atoms with Crippen LogP contribution >= 0.6 is 0 Å². The van der Waals surface area contributed by atoms with Gasteiger partial charge >= 0.3 is 6.03 Å². The van der Waals surface area contributed by atoms with E-state index in [1.165, 1.54) is 37.5 Å². The fourth-order valence-corrected chi connectivity index (χ4v) is 3.02. The van der Waals surface area contributed by atoms with Crippen molar-refractivity contribution in [2.75, 3.05) is 19.0 Å². The van der Waals surface area contributed by atoms with Crippen LogP contribution < -0.4 is 15.4 Å². The van der Waals surface area contributed by atoms with Crippen molar-refractivity contribution in [2.45, 2.75) is 6.42 Å². The van der Waals surface area contributed by atoms with Gasteiger partial charge in [0.2, 0.25) is 5.91 Å². The second-order valence-electron chi connectivity index (χ2n) is 6.63. The van der Waals surface area contributed by atoms with Crippen molar-refractivity contribution in [2.24, 2.45) is 0 Å². The number of phenols is 1. The van der Waals surface area contributed by atoms with E-state index in [0.717, 1.165) is 0 Å². The number of ether oxygens (including phenoxy) is 1. The number of rotatable bonds is 7. The number of urea groups is 1. The van der Waals surface area contributed by atoms with E-state index >= 15 is 0 Å². The number of hydrogen-bond donors (Lipinski definition) is 3. The van der Waals surface area contributed by atoms with Crippen molar-refractivity contribution in [3.05, 3.63) is 71.7 Å². The molecule has 8 nitrogen and oxygen atoms in total. The zero-order valence-corrected chi connectivity index (χ0v) is 16.6. The molecule has 9 heteroatoms. The lowest BCUT2D eigenvalue weighted by atomic mass is 10.0. The molecule has 0 bridgehead atoms. The average molecular weight is 425 g/mol. The Bertz CT molecular complexity index is 1100. The lowest BCUT2D eigenvalue weighted by Crippen LogP contribution is -2.38. The number of carbonyl (C=O) groups excluding carboxylic acids is 3. The number of benzene rings is 2. The van der Waals surface area contributed by atoms with Crippen LogP contribution in [0.3, 0.4) is 0 Å². The van der Waals surface area contributed by atoms with Gasteiger partial charge in [0.15, 0.2) is 11.5 Å². The number of aromatic hydroxyl groups is 1. The summed E-state index contributed by atoms with van der Waals surface area (Å²) in [7, 11) is 1.39. The number of carbonyl (C=O) groups is 3. The second-order valence-corrected chi connectivity index (χ2v) is 6.63. The Labute approximate surface area is 177 Å². The van der Waals surface area contributed by atoms with E-state index in [2.05, 4.69) is 17.2 Å². The van der Waals surface area contributed by atoms with E-state index in [4.69, 9.17) is 4.74 Å². The van der Waals surface area contributed by atoms with Crippen molar-refractivity contribution in [3.63, 3.8) is 0 Å². The molecule has 2 aromatic rings. The molecule has 2 aromatic carbocycles. The van der Waals surface area contributed by atoms with Crippen LogP contribution in [0.4, 0.5) is 14.9 Å². The molecule has 3 rings (SSSR count). The molecule has 1 heterocycles. The van der Waals surface area contributed by atoms with Crippen LogP contribution in [0, 0.1) is 5.82 Å². The van der Waals surface area contributed by atoms with E-state index in [1.807, 2.05) is 0 Å². The SMILES string of the molecule is C=CCc1cc(/C=C2/NC(=O)N(CC(=O)Nc3ccccc3F)C2=O)cc(OC)c1O. The minimum absolute atomic E-state index is 0.0437. The molecule has 1 saturated heterocycles. The highest BCUT2D eigenvalue weighted by Gasteiger charge is 2.35. The lowest BCUT2D eigenvalue weighted by molar-refractivity contribution is -0.127. The summed E-state index contributed by atoms with van der Waals surface area (Å²) in [6, 6.07) is 7.90. The van der Waals surface area contributed by atoms with E-state index in [-0.39, 0.29) is 22.9 Å². The predicted octanol–water partition coefficient (Wildman–Crippen LogP) is 2.80. The largest absolute Gasteiger partial charge is 0.504 e. The van der Waals surface area contributed by atoms with Crippen LogP contribution in [0.25, 0.3) is 6.08 Å². The molecule has 31 heavy (non-hydrogen) atoms. The summed E-state index contributed by atoms with van der Waals surface area (Å²) in [5.74, 6) is -1.92. The van der Waals surface area contributed by atoms with Crippen LogP contribution in [0.2, 0.25) is 0 Å². The first kappa shape index (κ1) is 21.6. The molecule has 0 aliphatic carbocycles. The van der Waals surface area contributed by atoms with E-state index < -0.39 is 30.2 Å². The van der Waals surface area contributed by atoms with Crippen LogP contribution in [0.15, 0.2) is 54.8 Å². The summed E-state index contributed by atoms with van der Waals surface area (Å²) in [5, 5.41) is 14.9. The molecular weight excluding hydrogens is 405 g/mol. The number of halogens is 1. The fraction of sp³-hybridized carbons (Fsp3) is 0.136. The molecule has 0 aromatic heterocycles. The highest BCUT2D eigenvalue weighted by molar-refractivity contribution is 6.16. The minimum Gasteiger partial charge on any atom is -0.504 e. The summed E-state index contributed by atoms with van der Waals surface area (Å²) in [6.07, 6.45) is 3.37. The van der Waals surface area contributed by atoms with E-state index in [9.17, 15) is 23.9 Å². The first-order valence-electron chi connectivity index (χ1n) is 9.23. The molecule has 1 aliphatic rings. The third-order valence-corrected chi connectivity index (χ3v) is 4.48. The first-order chi connectivity index (χ1) is 14.8. The summed E-state index contributed by atoms with van der Waals surface area (Å²) in [5.41, 5.74) is 0.911. The lowest BCUT2D eigenvalue weighted by Gasteiger charge is -2.12. The number of imide groups is 1. The Morgan fingerprint density at radius 1 is 1.32 bits per heavy atom. The quantitative estimate of drug-likeness (QED) is 0.359. The normalized spacial score (nSPS) is 14.5. The maximum atomic E-state index is 13.7. The summed E-state index contributed by atoms with van der Waals surface area (Å²) in [6.45, 7) is 3.05. The number of nitrogens with one attached hydrogen (secondary N) is 2. The van der Waals surface area contributed by atoms with Gasteiger partial charge in [0.05, 0.1) is 12.8 Å². The Kier molecular flexibility index (Phi) is 6.35. The Morgan fingerprint density at radius 2 is 2.06 bits per heavy atom. The van der Waals surface area contributed by atoms with Gasteiger partial charge in [0.25, 0.3) is 5.91 Å². The van der Waals surface area contributed by atoms with Gasteiger partial charge in [-0.2, -0.15) is 0 Å². The number of para-hydroxylation sites is 1. The number of amides is 4. The third kappa shape index (κ3) is 4.72. The standard InChI is InChI=1S/C22H20FN3O5/c1-3-6-14-9-13(11-18(31-2)20(14)28)10-17-21(29)26(22(30)25-17)12-19(27)24-16-8-5-4-7-15(16)23/h3-5,7-11,28H,1,6,12H2,2H3,(H,24,27)(H,25,30)/b17-10+. The first-order valence-corrected chi connectivity index (χ1v) is 9.23. The van der Waals surface area contributed by atoms with Gasteiger partial charge < -0.3 is 20.5 Å². The van der Waals surface area contributed by atoms with Gasteiger partial charge in [-0.1, -0.05) is 18.2 Å². The summed E-state index contributed by atoms with van der Waals surface area (Å²) < 4.78 is 18.8. The Balaban J connectivity index is 1.79. The maximum Gasteiger partial charge on any atom is 0.329 e. The molecule has 0 spiro atoms. The number of methoxy groups -OCH3 is 1. The second kappa shape index (κ2) is 9.12. The zero-order valence-electron chi connectivity index (χ0n) is 16.6. The predicted molar refractivity (Wildman–Crippen MR) is 112 cm³/mol. The molecule has 1 aliphatic heterocycles. The van der Waals surface area contributed by atoms with Gasteiger partial charge in [-0.25, -0.2) is 14.1 Å². The van der Waals surface area contributed by atoms with Crippen molar-refractivity contribution in [1.29, 1.82) is 0 Å². The van der Waals surface area contributed by atoms with Gasteiger partial charge in [-0.05, 0) is 42.3 Å². The van der Waals surface area contributed by atoms with Crippen LogP contribution in [0.1, 0.15) is 11.1 Å². The number of hydrogen-bond acceptors (Lipinski definition) is 5. The van der Waals surface area contributed by atoms with E-state index in [1.54, 1.807) is 18.2 Å². The topological polar surface area (TPSA) is 108 Å². The Morgan fingerprint density at radius 3 is 2.74 bits per heavy atom. The van der Waals surface area contributed by atoms with Crippen LogP contribution in [-0.2, 0) is 16.0 Å². The van der Waals surface area contributed by atoms with Crippen molar-refractivity contribution in [1.82, 2.24) is 10.2 Å². The minimum atomic E-state index is -0.781.